The first-order chi connectivity index (χ1) is 30.8. The monoisotopic (exact) mass is 927 g/mol. The van der Waals surface area contributed by atoms with Gasteiger partial charge in [0, 0.05) is 27.3 Å². The molecule has 63 heavy (non-hydrogen) atoms. The maximum Gasteiger partial charge on any atom is 0.356 e. The number of hydrogen-bond acceptors (Lipinski definition) is 14. The number of amides is 2. The van der Waals surface area contributed by atoms with Crippen molar-refractivity contribution in [2.24, 2.45) is 5.16 Å². The topological polar surface area (TPSA) is 162 Å². The fraction of sp³-hybridized carbons (Fsp3) is 0.109. The number of nitrogen functional groups attached to an aromatic ring is 1. The normalized spacial score (nSPS) is 16.3. The second-order valence-electron chi connectivity index (χ2n) is 14.0. The van der Waals surface area contributed by atoms with E-state index in [-0.39, 0.29) is 26.6 Å². The highest BCUT2D eigenvalue weighted by molar-refractivity contribution is 8.07. The Morgan fingerprint density at radius 2 is 1.38 bits per heavy atom. The van der Waals surface area contributed by atoms with E-state index in [0.717, 1.165) is 39.2 Å². The summed E-state index contributed by atoms with van der Waals surface area (Å²) in [6.07, 6.45) is -0.774. The number of carbonyl (C=O) groups excluding carboxylic acids is 3. The number of anilines is 1. The van der Waals surface area contributed by atoms with E-state index in [1.54, 1.807) is 5.51 Å². The minimum absolute atomic E-state index is 0.0209. The summed E-state index contributed by atoms with van der Waals surface area (Å²) in [4.78, 5) is 56.6. The molecule has 9 rings (SSSR count). The highest BCUT2D eigenvalue weighted by Gasteiger charge is 2.55. The second kappa shape index (κ2) is 18.6. The first kappa shape index (κ1) is 42.0. The summed E-state index contributed by atoms with van der Waals surface area (Å²) < 4.78 is 7.00. The number of nitrogens with zero attached hydrogens (tertiary/aromatic N) is 5. The molecule has 1 saturated heterocycles. The van der Waals surface area contributed by atoms with Gasteiger partial charge in [0.15, 0.2) is 21.3 Å². The molecule has 2 atom stereocenters. The number of fused-ring (bicyclic) bond motifs is 1. The van der Waals surface area contributed by atoms with Gasteiger partial charge in [0.2, 0.25) is 5.60 Å². The zero-order chi connectivity index (χ0) is 43.3. The zero-order valence-corrected chi connectivity index (χ0v) is 36.8. The second-order valence-corrected chi connectivity index (χ2v) is 18.9. The highest BCUT2D eigenvalue weighted by atomic mass is 35.5. The van der Waals surface area contributed by atoms with Crippen LogP contribution in [0.15, 0.2) is 177 Å². The molecular formula is C46H34ClN7O5S4. The van der Waals surface area contributed by atoms with Crippen molar-refractivity contribution in [1.82, 2.24) is 25.4 Å². The number of nitrogens with two attached hydrogens (primary N) is 1. The quantitative estimate of drug-likeness (QED) is 0.0353. The van der Waals surface area contributed by atoms with E-state index in [9.17, 15) is 14.4 Å². The number of β-lactam (4-membered cyclic amide) rings is 1. The SMILES string of the molecule is Nc1nc(/C(=N/OC(c2ccccc2)(c2ccccc2)c2ccccc2)C(=O)N[C@@H]2C(=O)N3C(C(=O)OC(c4ccccc4)c4ccccc4)=C(Sc4nncs4)CSC23)c(Cl)s1. The van der Waals surface area contributed by atoms with Crippen LogP contribution < -0.4 is 11.1 Å². The third kappa shape index (κ3) is 8.47. The molecule has 2 aromatic heterocycles. The Kier molecular flexibility index (Phi) is 12.4. The Bertz CT molecular complexity index is 2670. The Labute approximate surface area is 383 Å². The van der Waals surface area contributed by atoms with Crippen LogP contribution in [0.4, 0.5) is 5.13 Å². The van der Waals surface area contributed by atoms with Crippen molar-refractivity contribution >= 4 is 86.4 Å². The molecule has 2 amide bonds. The van der Waals surface area contributed by atoms with Crippen LogP contribution in [0.1, 0.15) is 39.6 Å². The summed E-state index contributed by atoms with van der Waals surface area (Å²) in [5, 5.41) is 15.0. The minimum atomic E-state index is -1.36. The van der Waals surface area contributed by atoms with Crippen LogP contribution >= 0.6 is 57.8 Å². The van der Waals surface area contributed by atoms with Gasteiger partial charge in [-0.3, -0.25) is 14.5 Å². The summed E-state index contributed by atoms with van der Waals surface area (Å²) >= 11 is 11.6. The van der Waals surface area contributed by atoms with Crippen molar-refractivity contribution in [2.75, 3.05) is 11.5 Å². The van der Waals surface area contributed by atoms with Crippen molar-refractivity contribution in [3.8, 4) is 0 Å². The summed E-state index contributed by atoms with van der Waals surface area (Å²) in [5.41, 5.74) is 9.78. The number of thioether (sulfide) groups is 2. The maximum atomic E-state index is 14.6. The minimum Gasteiger partial charge on any atom is -0.448 e. The van der Waals surface area contributed by atoms with Crippen molar-refractivity contribution < 1.29 is 24.0 Å². The average molecular weight is 929 g/mol. The molecule has 2 aliphatic heterocycles. The Hall–Kier alpha value is -6.30. The molecule has 17 heteroatoms. The highest BCUT2D eigenvalue weighted by Crippen LogP contribution is 2.47. The van der Waals surface area contributed by atoms with Gasteiger partial charge < -0.3 is 20.6 Å². The fourth-order valence-electron chi connectivity index (χ4n) is 7.37. The molecule has 1 fully saturated rings. The third-order valence-electron chi connectivity index (χ3n) is 10.2. The Balaban J connectivity index is 1.06. The van der Waals surface area contributed by atoms with Crippen LogP contribution in [-0.4, -0.2) is 60.7 Å². The van der Waals surface area contributed by atoms with Crippen molar-refractivity contribution in [1.29, 1.82) is 0 Å². The molecule has 0 spiro atoms. The van der Waals surface area contributed by atoms with Gasteiger partial charge in [-0.2, -0.15) is 0 Å². The summed E-state index contributed by atoms with van der Waals surface area (Å²) in [6.45, 7) is 0. The van der Waals surface area contributed by atoms with E-state index in [1.807, 2.05) is 152 Å². The number of oxime groups is 1. The first-order valence-electron chi connectivity index (χ1n) is 19.4. The Morgan fingerprint density at radius 1 is 0.841 bits per heavy atom. The predicted octanol–water partition coefficient (Wildman–Crippen LogP) is 8.68. The number of rotatable bonds is 14. The van der Waals surface area contributed by atoms with Gasteiger partial charge in [-0.15, -0.1) is 22.0 Å². The van der Waals surface area contributed by atoms with E-state index in [4.69, 9.17) is 26.9 Å². The van der Waals surface area contributed by atoms with Crippen LogP contribution in [0.3, 0.4) is 0 Å². The van der Waals surface area contributed by atoms with Gasteiger partial charge in [0.1, 0.15) is 32.7 Å². The third-order valence-corrected chi connectivity index (χ3v) is 14.7. The lowest BCUT2D eigenvalue weighted by Gasteiger charge is -2.49. The lowest BCUT2D eigenvalue weighted by Crippen LogP contribution is -2.71. The molecule has 7 aromatic rings. The molecule has 0 radical (unpaired) electrons. The number of nitrogens with one attached hydrogen (secondary N) is 1. The van der Waals surface area contributed by atoms with Gasteiger partial charge in [-0.25, -0.2) is 9.78 Å². The van der Waals surface area contributed by atoms with Gasteiger partial charge >= 0.3 is 5.97 Å². The molecule has 0 bridgehead atoms. The molecule has 5 aromatic carbocycles. The molecule has 314 valence electrons. The van der Waals surface area contributed by atoms with Crippen LogP contribution in [0, 0.1) is 0 Å². The fourth-order valence-corrected chi connectivity index (χ4v) is 11.4. The van der Waals surface area contributed by atoms with E-state index < -0.39 is 40.9 Å². The van der Waals surface area contributed by atoms with Gasteiger partial charge in [0.25, 0.3) is 11.8 Å². The summed E-state index contributed by atoms with van der Waals surface area (Å²) in [7, 11) is 0. The lowest BCUT2D eigenvalue weighted by molar-refractivity contribution is -0.154. The number of hydrogen-bond donors (Lipinski definition) is 2. The maximum absolute atomic E-state index is 14.6. The van der Waals surface area contributed by atoms with E-state index in [1.165, 1.54) is 39.8 Å². The number of thiazole rings is 1. The Morgan fingerprint density at radius 3 is 1.87 bits per heavy atom. The molecule has 3 N–H and O–H groups in total. The number of carbonyl (C=O) groups is 3. The molecule has 0 saturated carbocycles. The smallest absolute Gasteiger partial charge is 0.356 e. The van der Waals surface area contributed by atoms with Crippen LogP contribution in [0.25, 0.3) is 0 Å². The number of aromatic nitrogens is 3. The predicted molar refractivity (Wildman–Crippen MR) is 247 cm³/mol. The number of ether oxygens (including phenoxy) is 1. The van der Waals surface area contributed by atoms with Gasteiger partial charge in [0.05, 0.1) is 0 Å². The van der Waals surface area contributed by atoms with Crippen LogP contribution in [0.2, 0.25) is 4.34 Å². The zero-order valence-electron chi connectivity index (χ0n) is 32.8. The number of halogens is 1. The van der Waals surface area contributed by atoms with Crippen molar-refractivity contribution in [3.05, 3.63) is 206 Å². The molecule has 12 nitrogen and oxygen atoms in total. The number of esters is 1. The molecule has 2 aliphatic rings. The summed E-state index contributed by atoms with van der Waals surface area (Å²) in [6, 6.07) is 46.2. The van der Waals surface area contributed by atoms with Crippen LogP contribution in [-0.2, 0) is 29.6 Å². The van der Waals surface area contributed by atoms with E-state index in [2.05, 4.69) is 25.7 Å². The van der Waals surface area contributed by atoms with Crippen molar-refractivity contribution in [3.63, 3.8) is 0 Å². The molecule has 0 aliphatic carbocycles. The average Bonchev–Trinajstić information content (AvgIpc) is 3.97. The van der Waals surface area contributed by atoms with Crippen LogP contribution in [0.5, 0.6) is 0 Å². The molecule has 1 unspecified atom stereocenters. The lowest BCUT2D eigenvalue weighted by atomic mass is 9.80. The largest absolute Gasteiger partial charge is 0.448 e. The standard InChI is InChI=1S/C46H34ClN7O5S4/c47-39-34(51-44(48)63-39)35(53-59-46(30-20-10-3-11-21-30,31-22-12-4-13-23-31)32-24-14-5-15-25-32)40(55)50-36-41(56)54-37(33(26-60-42(36)54)62-45-52-49-27-61-45)43(57)58-38(28-16-6-1-7-17-28)29-18-8-2-9-19-29/h1-25,27,36,38,42H,26H2,(H2,48,51)(H,50,55)/b53-35-/t36-,42?/m1/s1. The van der Waals surface area contributed by atoms with Gasteiger partial charge in [-0.05, 0) is 11.1 Å². The van der Waals surface area contributed by atoms with Crippen molar-refractivity contribution in [2.45, 2.75) is 27.5 Å². The van der Waals surface area contributed by atoms with Gasteiger partial charge in [-0.1, -0.05) is 203 Å². The van der Waals surface area contributed by atoms with E-state index in [0.29, 0.717) is 15.0 Å². The molecular weight excluding hydrogens is 894 g/mol. The summed E-state index contributed by atoms with van der Waals surface area (Å²) in [5.74, 6) is -1.72. The number of benzene rings is 5. The molecule has 4 heterocycles. The first-order valence-corrected chi connectivity index (χ1v) is 23.3. The van der Waals surface area contributed by atoms with E-state index >= 15 is 0 Å².